The average Bonchev–Trinajstić information content (AvgIpc) is 3.09. The molecule has 1 unspecified atom stereocenters. The van der Waals surface area contributed by atoms with E-state index in [1.165, 1.54) is 18.1 Å². The van der Waals surface area contributed by atoms with Crippen LogP contribution in [0.5, 0.6) is 11.5 Å². The number of ether oxygens (including phenoxy) is 2. The third-order valence-electron chi connectivity index (χ3n) is 5.51. The van der Waals surface area contributed by atoms with E-state index < -0.39 is 17.7 Å². The number of Topliss-reactive ketones (excluding diaryl/α,β-unsaturated/α-hetero) is 1. The Balaban J connectivity index is 1.90. The lowest BCUT2D eigenvalue weighted by Gasteiger charge is -2.26. The number of halogens is 1. The van der Waals surface area contributed by atoms with Gasteiger partial charge in [0.25, 0.3) is 11.7 Å². The maximum Gasteiger partial charge on any atom is 0.295 e. The van der Waals surface area contributed by atoms with E-state index in [9.17, 15) is 14.7 Å². The van der Waals surface area contributed by atoms with Gasteiger partial charge in [0, 0.05) is 23.0 Å². The Bertz CT molecular complexity index is 1240. The number of methoxy groups -OCH3 is 2. The van der Waals surface area contributed by atoms with E-state index in [1.54, 1.807) is 49.8 Å². The van der Waals surface area contributed by atoms with Gasteiger partial charge in [0.05, 0.1) is 37.9 Å². The quantitative estimate of drug-likeness (QED) is 0.331. The maximum absolute atomic E-state index is 13.2. The van der Waals surface area contributed by atoms with E-state index in [-0.39, 0.29) is 23.4 Å². The SMILES string of the molecule is COc1ccccc1CN1C(=O)C(=O)/C(=C(/O)c2cc(Cl)ccc2OC)C1c1ccncc1. The zero-order valence-electron chi connectivity index (χ0n) is 18.0. The highest BCUT2D eigenvalue weighted by Crippen LogP contribution is 2.42. The molecule has 0 radical (unpaired) electrons. The molecule has 8 heteroatoms. The van der Waals surface area contributed by atoms with Crippen LogP contribution < -0.4 is 9.47 Å². The van der Waals surface area contributed by atoms with Gasteiger partial charge in [-0.2, -0.15) is 0 Å². The van der Waals surface area contributed by atoms with Crippen molar-refractivity contribution in [3.8, 4) is 11.5 Å². The fourth-order valence-electron chi connectivity index (χ4n) is 3.96. The summed E-state index contributed by atoms with van der Waals surface area (Å²) in [4.78, 5) is 31.8. The van der Waals surface area contributed by atoms with Crippen LogP contribution in [-0.4, -0.2) is 40.9 Å². The monoisotopic (exact) mass is 464 g/mol. The zero-order valence-corrected chi connectivity index (χ0v) is 18.7. The Morgan fingerprint density at radius 3 is 2.42 bits per heavy atom. The summed E-state index contributed by atoms with van der Waals surface area (Å²) in [6.45, 7) is 0.102. The predicted molar refractivity (Wildman–Crippen MR) is 123 cm³/mol. The van der Waals surface area contributed by atoms with Crippen LogP contribution in [0, 0.1) is 0 Å². The minimum absolute atomic E-state index is 0.0540. The number of carbonyl (C=O) groups excluding carboxylic acids is 2. The second kappa shape index (κ2) is 9.34. The molecule has 0 aliphatic carbocycles. The van der Waals surface area contributed by atoms with Crippen LogP contribution >= 0.6 is 11.6 Å². The fourth-order valence-corrected chi connectivity index (χ4v) is 4.13. The van der Waals surface area contributed by atoms with Crippen LogP contribution in [-0.2, 0) is 16.1 Å². The molecule has 7 nitrogen and oxygen atoms in total. The van der Waals surface area contributed by atoms with Crippen LogP contribution in [0.2, 0.25) is 5.02 Å². The first-order valence-corrected chi connectivity index (χ1v) is 10.5. The van der Waals surface area contributed by atoms with Crippen molar-refractivity contribution in [1.29, 1.82) is 0 Å². The molecule has 1 N–H and O–H groups in total. The van der Waals surface area contributed by atoms with Gasteiger partial charge in [-0.1, -0.05) is 29.8 Å². The van der Waals surface area contributed by atoms with Crippen LogP contribution in [0.15, 0.2) is 72.6 Å². The van der Waals surface area contributed by atoms with Gasteiger partial charge in [0.1, 0.15) is 17.3 Å². The Morgan fingerprint density at radius 2 is 1.73 bits per heavy atom. The second-order valence-corrected chi connectivity index (χ2v) is 7.80. The third kappa shape index (κ3) is 4.15. The van der Waals surface area contributed by atoms with Crippen molar-refractivity contribution in [2.45, 2.75) is 12.6 Å². The first kappa shape index (κ1) is 22.4. The number of carbonyl (C=O) groups is 2. The summed E-state index contributed by atoms with van der Waals surface area (Å²) in [7, 11) is 2.99. The largest absolute Gasteiger partial charge is 0.507 e. The average molecular weight is 465 g/mol. The molecule has 4 rings (SSSR count). The lowest BCUT2D eigenvalue weighted by molar-refractivity contribution is -0.140. The van der Waals surface area contributed by atoms with Gasteiger partial charge in [-0.15, -0.1) is 0 Å². The van der Waals surface area contributed by atoms with E-state index in [0.717, 1.165) is 5.56 Å². The number of aliphatic hydroxyl groups is 1. The number of para-hydroxylation sites is 1. The summed E-state index contributed by atoms with van der Waals surface area (Å²) >= 11 is 6.14. The normalized spacial score (nSPS) is 17.3. The summed E-state index contributed by atoms with van der Waals surface area (Å²) in [6.07, 6.45) is 3.14. The molecule has 2 aromatic carbocycles. The topological polar surface area (TPSA) is 89.0 Å². The molecule has 0 saturated carbocycles. The minimum atomic E-state index is -0.846. The van der Waals surface area contributed by atoms with E-state index in [1.807, 2.05) is 18.2 Å². The summed E-state index contributed by atoms with van der Waals surface area (Å²) < 4.78 is 10.8. The van der Waals surface area contributed by atoms with E-state index in [0.29, 0.717) is 22.1 Å². The number of amides is 1. The molecular formula is C25H21ClN2O5. The predicted octanol–water partition coefficient (Wildman–Crippen LogP) is 4.37. The number of pyridine rings is 1. The van der Waals surface area contributed by atoms with Crippen LogP contribution in [0.3, 0.4) is 0 Å². The fraction of sp³-hybridized carbons (Fsp3) is 0.160. The van der Waals surface area contributed by atoms with Crippen molar-refractivity contribution in [3.63, 3.8) is 0 Å². The van der Waals surface area contributed by atoms with E-state index >= 15 is 0 Å². The third-order valence-corrected chi connectivity index (χ3v) is 5.75. The molecule has 0 bridgehead atoms. The van der Waals surface area contributed by atoms with Crippen molar-refractivity contribution < 1.29 is 24.2 Å². The molecule has 1 amide bonds. The summed E-state index contributed by atoms with van der Waals surface area (Å²) in [5.74, 6) is -0.987. The zero-order chi connectivity index (χ0) is 23.5. The summed E-state index contributed by atoms with van der Waals surface area (Å²) in [6, 6.07) is 14.5. The Hall–Kier alpha value is -3.84. The number of ketones is 1. The molecule has 0 spiro atoms. The number of nitrogens with zero attached hydrogens (tertiary/aromatic N) is 2. The Kier molecular flexibility index (Phi) is 6.33. The van der Waals surface area contributed by atoms with Gasteiger partial charge < -0.3 is 19.5 Å². The first-order valence-electron chi connectivity index (χ1n) is 10.1. The number of benzene rings is 2. The lowest BCUT2D eigenvalue weighted by atomic mass is 9.95. The van der Waals surface area contributed by atoms with E-state index in [2.05, 4.69) is 4.98 Å². The van der Waals surface area contributed by atoms with Gasteiger partial charge in [-0.3, -0.25) is 14.6 Å². The molecule has 33 heavy (non-hydrogen) atoms. The highest BCUT2D eigenvalue weighted by atomic mass is 35.5. The maximum atomic E-state index is 13.2. The first-order chi connectivity index (χ1) is 16.0. The molecule has 1 aliphatic heterocycles. The van der Waals surface area contributed by atoms with Gasteiger partial charge in [-0.25, -0.2) is 0 Å². The molecule has 168 valence electrons. The Labute approximate surface area is 195 Å². The number of hydrogen-bond donors (Lipinski definition) is 1. The number of aromatic nitrogens is 1. The van der Waals surface area contributed by atoms with E-state index in [4.69, 9.17) is 21.1 Å². The minimum Gasteiger partial charge on any atom is -0.507 e. The number of aliphatic hydroxyl groups excluding tert-OH is 1. The molecule has 1 aliphatic rings. The lowest BCUT2D eigenvalue weighted by Crippen LogP contribution is -2.29. The number of rotatable bonds is 6. The number of hydrogen-bond acceptors (Lipinski definition) is 6. The van der Waals surface area contributed by atoms with Crippen LogP contribution in [0.1, 0.15) is 22.7 Å². The van der Waals surface area contributed by atoms with Crippen molar-refractivity contribution in [1.82, 2.24) is 9.88 Å². The van der Waals surface area contributed by atoms with Gasteiger partial charge in [0.15, 0.2) is 0 Å². The molecule has 3 aromatic rings. The summed E-state index contributed by atoms with van der Waals surface area (Å²) in [5, 5.41) is 11.6. The van der Waals surface area contributed by atoms with Gasteiger partial charge in [-0.05, 0) is 42.0 Å². The van der Waals surface area contributed by atoms with Crippen LogP contribution in [0.25, 0.3) is 5.76 Å². The van der Waals surface area contributed by atoms with Crippen molar-refractivity contribution in [2.24, 2.45) is 0 Å². The summed E-state index contributed by atoms with van der Waals surface area (Å²) in [5.41, 5.74) is 1.52. The van der Waals surface area contributed by atoms with Crippen molar-refractivity contribution in [2.75, 3.05) is 14.2 Å². The van der Waals surface area contributed by atoms with Gasteiger partial charge in [0.2, 0.25) is 0 Å². The van der Waals surface area contributed by atoms with Crippen molar-refractivity contribution >= 4 is 29.1 Å². The molecule has 1 atom stereocenters. The smallest absolute Gasteiger partial charge is 0.295 e. The van der Waals surface area contributed by atoms with Gasteiger partial charge >= 0.3 is 0 Å². The molecule has 1 aromatic heterocycles. The molecule has 2 heterocycles. The Morgan fingerprint density at radius 1 is 1.03 bits per heavy atom. The standard InChI is InChI=1S/C25H21ClN2O5/c1-32-19-6-4-3-5-16(19)14-28-22(15-9-11-27-12-10-15)21(24(30)25(28)31)23(29)18-13-17(26)7-8-20(18)33-2/h3-13,22,29H,14H2,1-2H3/b23-21+. The number of likely N-dealkylation sites (tertiary alicyclic amines) is 1. The molecule has 1 saturated heterocycles. The highest BCUT2D eigenvalue weighted by molar-refractivity contribution is 6.46. The molecular weight excluding hydrogens is 444 g/mol. The highest BCUT2D eigenvalue weighted by Gasteiger charge is 2.46. The second-order valence-electron chi connectivity index (χ2n) is 7.36. The van der Waals surface area contributed by atoms with Crippen LogP contribution in [0.4, 0.5) is 0 Å². The van der Waals surface area contributed by atoms with Crippen molar-refractivity contribution in [3.05, 3.63) is 94.3 Å². The molecule has 1 fully saturated rings.